The molecule has 3 rings (SSSR count). The van der Waals surface area contributed by atoms with Gasteiger partial charge in [0.15, 0.2) is 0 Å². The van der Waals surface area contributed by atoms with Crippen LogP contribution in [0.15, 0.2) is 24.3 Å². The molecule has 7 atom stereocenters. The summed E-state index contributed by atoms with van der Waals surface area (Å²) >= 11 is 0. The lowest BCUT2D eigenvalue weighted by atomic mass is 9.37. The van der Waals surface area contributed by atoms with Crippen molar-refractivity contribution in [3.05, 3.63) is 24.3 Å². The van der Waals surface area contributed by atoms with Crippen LogP contribution in [-0.4, -0.2) is 23.3 Å². The van der Waals surface area contributed by atoms with Crippen molar-refractivity contribution in [2.45, 2.75) is 91.8 Å². The largest absolute Gasteiger partial charge is 0.459 e. The van der Waals surface area contributed by atoms with E-state index in [1.807, 2.05) is 6.07 Å². The molecule has 3 fully saturated rings. The molecular formula is C27H38N2O3. The highest BCUT2D eigenvalue weighted by Crippen LogP contribution is 2.74. The van der Waals surface area contributed by atoms with Crippen LogP contribution in [0, 0.1) is 56.2 Å². The minimum absolute atomic E-state index is 0.0121. The number of ether oxygens (including phenoxy) is 1. The predicted molar refractivity (Wildman–Crippen MR) is 123 cm³/mol. The van der Waals surface area contributed by atoms with Gasteiger partial charge in [0, 0.05) is 6.08 Å². The van der Waals surface area contributed by atoms with Crippen LogP contribution in [-0.2, 0) is 9.53 Å². The third kappa shape index (κ3) is 3.32. The molecule has 0 spiro atoms. The lowest BCUT2D eigenvalue weighted by molar-refractivity contribution is -0.198. The van der Waals surface area contributed by atoms with Crippen molar-refractivity contribution in [1.29, 1.82) is 10.5 Å². The number of aliphatic hydroxyl groups excluding tert-OH is 1. The van der Waals surface area contributed by atoms with Gasteiger partial charge in [0.2, 0.25) is 0 Å². The Morgan fingerprint density at radius 3 is 2.56 bits per heavy atom. The zero-order valence-corrected chi connectivity index (χ0v) is 20.3. The molecule has 32 heavy (non-hydrogen) atoms. The first-order valence-electron chi connectivity index (χ1n) is 11.9. The minimum Gasteiger partial charge on any atom is -0.459 e. The van der Waals surface area contributed by atoms with E-state index in [4.69, 9.17) is 10.00 Å². The van der Waals surface area contributed by atoms with Gasteiger partial charge in [-0.1, -0.05) is 46.3 Å². The number of allylic oxidation sites excluding steroid dienone is 3. The summed E-state index contributed by atoms with van der Waals surface area (Å²) in [4.78, 5) is 12.1. The summed E-state index contributed by atoms with van der Waals surface area (Å²) in [6.45, 7) is 15.9. The number of rotatable bonds is 4. The fourth-order valence-electron chi connectivity index (χ4n) is 8.19. The molecule has 0 heterocycles. The Balaban J connectivity index is 2.03. The van der Waals surface area contributed by atoms with Crippen molar-refractivity contribution in [2.75, 3.05) is 0 Å². The second-order valence-corrected chi connectivity index (χ2v) is 11.4. The van der Waals surface area contributed by atoms with Gasteiger partial charge in [0.05, 0.1) is 18.2 Å². The van der Waals surface area contributed by atoms with E-state index in [1.165, 1.54) is 5.57 Å². The quantitative estimate of drug-likeness (QED) is 0.357. The van der Waals surface area contributed by atoms with Gasteiger partial charge < -0.3 is 9.84 Å². The highest BCUT2D eigenvalue weighted by Gasteiger charge is 2.67. The third-order valence-electron chi connectivity index (χ3n) is 10.1. The highest BCUT2D eigenvalue weighted by atomic mass is 16.6. The zero-order valence-electron chi connectivity index (χ0n) is 20.3. The maximum absolute atomic E-state index is 12.1. The third-order valence-corrected chi connectivity index (χ3v) is 10.1. The molecule has 174 valence electrons. The topological polar surface area (TPSA) is 94.1 Å². The summed E-state index contributed by atoms with van der Waals surface area (Å²) in [5.74, 6) is 0.0519. The summed E-state index contributed by atoms with van der Waals surface area (Å²) in [6, 6.07) is 4.11. The van der Waals surface area contributed by atoms with E-state index in [0.717, 1.165) is 25.7 Å². The number of nitriles is 2. The summed E-state index contributed by atoms with van der Waals surface area (Å²) < 4.78 is 5.60. The monoisotopic (exact) mass is 438 g/mol. The van der Waals surface area contributed by atoms with Gasteiger partial charge in [-0.15, -0.1) is 6.58 Å². The summed E-state index contributed by atoms with van der Waals surface area (Å²) in [5, 5.41) is 28.9. The van der Waals surface area contributed by atoms with Gasteiger partial charge >= 0.3 is 5.97 Å². The molecular weight excluding hydrogens is 400 g/mol. The molecule has 3 aliphatic carbocycles. The number of esters is 1. The van der Waals surface area contributed by atoms with E-state index in [2.05, 4.69) is 53.3 Å². The van der Waals surface area contributed by atoms with Crippen LogP contribution in [0.4, 0.5) is 0 Å². The van der Waals surface area contributed by atoms with Crippen molar-refractivity contribution in [1.82, 2.24) is 0 Å². The van der Waals surface area contributed by atoms with Gasteiger partial charge in [0.25, 0.3) is 0 Å². The Kier molecular flexibility index (Phi) is 6.40. The number of carbonyl (C=O) groups excluding carboxylic acids is 1. The van der Waals surface area contributed by atoms with E-state index in [0.29, 0.717) is 18.8 Å². The van der Waals surface area contributed by atoms with Crippen molar-refractivity contribution in [3.8, 4) is 12.1 Å². The molecule has 3 saturated carbocycles. The van der Waals surface area contributed by atoms with E-state index < -0.39 is 18.2 Å². The molecule has 7 unspecified atom stereocenters. The smallest absolute Gasteiger partial charge is 0.320 e. The normalized spacial score (nSPS) is 44.2. The van der Waals surface area contributed by atoms with Crippen LogP contribution < -0.4 is 0 Å². The van der Waals surface area contributed by atoms with Crippen LogP contribution in [0.1, 0.15) is 79.6 Å². The Morgan fingerprint density at radius 2 is 1.97 bits per heavy atom. The lowest BCUT2D eigenvalue weighted by Gasteiger charge is -2.67. The average molecular weight is 439 g/mol. The molecule has 0 aromatic rings. The number of hydrogen-bond acceptors (Lipinski definition) is 5. The molecule has 0 radical (unpaired) electrons. The summed E-state index contributed by atoms with van der Waals surface area (Å²) in [7, 11) is 0. The minimum atomic E-state index is -0.726. The Bertz CT molecular complexity index is 894. The molecule has 0 bridgehead atoms. The van der Waals surface area contributed by atoms with Crippen LogP contribution in [0.3, 0.4) is 0 Å². The summed E-state index contributed by atoms with van der Waals surface area (Å²) in [5.41, 5.74) is 0.734. The highest BCUT2D eigenvalue weighted by molar-refractivity contribution is 5.72. The average Bonchev–Trinajstić information content (AvgIpc) is 3.04. The van der Waals surface area contributed by atoms with Crippen LogP contribution >= 0.6 is 0 Å². The van der Waals surface area contributed by atoms with Crippen molar-refractivity contribution >= 4 is 5.97 Å². The fraction of sp³-hybridized carbons (Fsp3) is 0.741. The molecule has 0 aromatic heterocycles. The van der Waals surface area contributed by atoms with Crippen LogP contribution in [0.5, 0.6) is 0 Å². The maximum Gasteiger partial charge on any atom is 0.320 e. The van der Waals surface area contributed by atoms with Crippen molar-refractivity contribution in [3.63, 3.8) is 0 Å². The van der Waals surface area contributed by atoms with E-state index in [-0.39, 0.29) is 34.0 Å². The van der Waals surface area contributed by atoms with Gasteiger partial charge in [-0.25, -0.2) is 0 Å². The fourth-order valence-corrected chi connectivity index (χ4v) is 8.19. The standard InChI is InChI=1S/C27H38N2O3/c1-7-27(13-12-25(5)19(10-14-28)8-9-22(25)24(27,3)4)26(6)17-21(20(30)16-18(26)2)32-23(31)11-15-29/h7,10,18,20-22,30H,1,8-9,11-13,16-17H2,2-6H3. The number of nitrogens with zero attached hydrogens (tertiary/aromatic N) is 2. The molecule has 3 aliphatic rings. The molecule has 0 aromatic carbocycles. The van der Waals surface area contributed by atoms with Gasteiger partial charge in [-0.3, -0.25) is 4.79 Å². The lowest BCUT2D eigenvalue weighted by Crippen LogP contribution is -2.62. The first-order chi connectivity index (χ1) is 14.9. The van der Waals surface area contributed by atoms with Gasteiger partial charge in [-0.2, -0.15) is 10.5 Å². The molecule has 1 N–H and O–H groups in total. The van der Waals surface area contributed by atoms with E-state index in [1.54, 1.807) is 6.08 Å². The van der Waals surface area contributed by atoms with E-state index >= 15 is 0 Å². The van der Waals surface area contributed by atoms with Crippen LogP contribution in [0.25, 0.3) is 0 Å². The maximum atomic E-state index is 12.1. The second-order valence-electron chi connectivity index (χ2n) is 11.4. The van der Waals surface area contributed by atoms with Crippen molar-refractivity contribution < 1.29 is 14.6 Å². The Morgan fingerprint density at radius 1 is 1.28 bits per heavy atom. The van der Waals surface area contributed by atoms with Gasteiger partial charge in [-0.05, 0) is 72.0 Å². The first-order valence-corrected chi connectivity index (χ1v) is 11.9. The number of fused-ring (bicyclic) bond motifs is 1. The molecule has 5 nitrogen and oxygen atoms in total. The molecule has 0 saturated heterocycles. The van der Waals surface area contributed by atoms with Crippen molar-refractivity contribution in [2.24, 2.45) is 33.5 Å². The molecule has 0 amide bonds. The van der Waals surface area contributed by atoms with E-state index in [9.17, 15) is 15.2 Å². The number of aliphatic hydroxyl groups is 1. The Labute approximate surface area is 193 Å². The second kappa shape index (κ2) is 8.35. The predicted octanol–water partition coefficient (Wildman–Crippen LogP) is 5.47. The molecule has 0 aliphatic heterocycles. The van der Waals surface area contributed by atoms with Gasteiger partial charge in [0.1, 0.15) is 12.5 Å². The number of hydrogen-bond donors (Lipinski definition) is 1. The zero-order chi connectivity index (χ0) is 23.9. The molecule has 5 heteroatoms. The first kappa shape index (κ1) is 24.5. The number of carbonyl (C=O) groups is 1. The summed E-state index contributed by atoms with van der Waals surface area (Å²) in [6.07, 6.45) is 7.32. The Hall–Kier alpha value is -2.11. The SMILES string of the molecule is C=CC1(C2(C)CC(OC(=O)CC#N)C(O)CC2C)CCC2(C)C(=CC#N)CCC2C1(C)C. The van der Waals surface area contributed by atoms with Crippen LogP contribution in [0.2, 0.25) is 0 Å².